The van der Waals surface area contributed by atoms with Crippen LogP contribution in [0, 0.1) is 0 Å². The van der Waals surface area contributed by atoms with Crippen molar-refractivity contribution in [2.45, 2.75) is 69.5 Å². The van der Waals surface area contributed by atoms with E-state index in [0.29, 0.717) is 11.8 Å². The smallest absolute Gasteiger partial charge is 0.411 e. The highest BCUT2D eigenvalue weighted by atomic mass is 16.6. The SMILES string of the molecule is COC(=O)[C@@H](NC(=O)OCc1ccccc1)[C@H](O)[C@@]1(C(=O)OC)CC[C@H](C=O)N1C(=O)OC(C)(C)C. The number of carbonyl (C=O) groups is 5. The minimum Gasteiger partial charge on any atom is -0.467 e. The molecule has 0 spiro atoms. The number of aliphatic hydroxyl groups excluding tert-OH is 1. The molecule has 0 unspecified atom stereocenters. The van der Waals surface area contributed by atoms with Gasteiger partial charge in [-0.2, -0.15) is 0 Å². The van der Waals surface area contributed by atoms with E-state index in [1.165, 1.54) is 0 Å². The van der Waals surface area contributed by atoms with Crippen LogP contribution in [0.25, 0.3) is 0 Å². The highest BCUT2D eigenvalue weighted by Crippen LogP contribution is 2.40. The van der Waals surface area contributed by atoms with Gasteiger partial charge in [0.2, 0.25) is 0 Å². The molecule has 12 heteroatoms. The molecule has 1 saturated heterocycles. The number of methoxy groups -OCH3 is 2. The number of aliphatic hydroxyl groups is 1. The van der Waals surface area contributed by atoms with Crippen LogP contribution in [0.3, 0.4) is 0 Å². The number of nitrogens with one attached hydrogen (secondary N) is 1. The van der Waals surface area contributed by atoms with E-state index in [1.807, 2.05) is 0 Å². The van der Waals surface area contributed by atoms with Crippen LogP contribution in [0.1, 0.15) is 39.2 Å². The molecule has 1 heterocycles. The second-order valence-corrected chi connectivity index (χ2v) is 9.16. The third-order valence-corrected chi connectivity index (χ3v) is 5.62. The summed E-state index contributed by atoms with van der Waals surface area (Å²) < 4.78 is 20.1. The Morgan fingerprint density at radius 1 is 1.17 bits per heavy atom. The van der Waals surface area contributed by atoms with Crippen LogP contribution in [-0.4, -0.2) is 84.0 Å². The van der Waals surface area contributed by atoms with E-state index in [4.69, 9.17) is 18.9 Å². The van der Waals surface area contributed by atoms with Crippen molar-refractivity contribution in [3.8, 4) is 0 Å². The third kappa shape index (κ3) is 6.30. The summed E-state index contributed by atoms with van der Waals surface area (Å²) in [5.41, 5.74) is -2.61. The van der Waals surface area contributed by atoms with Gasteiger partial charge in [0.25, 0.3) is 0 Å². The Hall–Kier alpha value is -3.67. The fourth-order valence-corrected chi connectivity index (χ4v) is 4.00. The zero-order valence-corrected chi connectivity index (χ0v) is 20.9. The number of hydrogen-bond acceptors (Lipinski definition) is 10. The number of likely N-dealkylation sites (tertiary alicyclic amines) is 1. The van der Waals surface area contributed by atoms with Crippen molar-refractivity contribution >= 4 is 30.4 Å². The summed E-state index contributed by atoms with van der Waals surface area (Å²) in [6, 6.07) is 5.65. The number of benzene rings is 1. The van der Waals surface area contributed by atoms with Gasteiger partial charge in [0, 0.05) is 0 Å². The number of esters is 2. The molecule has 2 rings (SSSR count). The van der Waals surface area contributed by atoms with Crippen LogP contribution in [0.4, 0.5) is 9.59 Å². The Morgan fingerprint density at radius 2 is 1.81 bits per heavy atom. The number of hydrogen-bond donors (Lipinski definition) is 2. The number of nitrogens with zero attached hydrogens (tertiary/aromatic N) is 1. The van der Waals surface area contributed by atoms with Crippen LogP contribution in [0.5, 0.6) is 0 Å². The lowest BCUT2D eigenvalue weighted by atomic mass is 9.84. The molecule has 1 fully saturated rings. The Labute approximate surface area is 208 Å². The van der Waals surface area contributed by atoms with Gasteiger partial charge in [0.15, 0.2) is 11.6 Å². The summed E-state index contributed by atoms with van der Waals surface area (Å²) >= 11 is 0. The lowest BCUT2D eigenvalue weighted by Gasteiger charge is -2.42. The summed E-state index contributed by atoms with van der Waals surface area (Å²) in [6.07, 6.45) is -4.16. The highest BCUT2D eigenvalue weighted by molar-refractivity contribution is 5.92. The third-order valence-electron chi connectivity index (χ3n) is 5.62. The molecule has 0 radical (unpaired) electrons. The first-order valence-electron chi connectivity index (χ1n) is 11.2. The Balaban J connectivity index is 2.42. The molecule has 198 valence electrons. The monoisotopic (exact) mass is 508 g/mol. The minimum atomic E-state index is -2.26. The van der Waals surface area contributed by atoms with Gasteiger partial charge in [0.05, 0.1) is 20.3 Å². The van der Waals surface area contributed by atoms with Gasteiger partial charge in [-0.25, -0.2) is 19.2 Å². The van der Waals surface area contributed by atoms with E-state index >= 15 is 0 Å². The average molecular weight is 509 g/mol. The molecule has 1 aliphatic rings. The summed E-state index contributed by atoms with van der Waals surface area (Å²) in [4.78, 5) is 63.9. The topological polar surface area (TPSA) is 158 Å². The molecule has 1 aromatic rings. The van der Waals surface area contributed by atoms with Crippen LogP contribution in [-0.2, 0) is 39.9 Å². The van der Waals surface area contributed by atoms with E-state index < -0.39 is 53.5 Å². The Kier molecular flexibility index (Phi) is 9.40. The molecule has 0 aliphatic carbocycles. The molecular formula is C24H32N2O10. The lowest BCUT2D eigenvalue weighted by Crippen LogP contribution is -2.69. The standard InChI is InChI=1S/C24H32N2O10/c1-23(2,3)36-22(32)26-16(13-27)11-12-24(26,20(30)34-5)18(28)17(19(29)33-4)25-21(31)35-14-15-9-7-6-8-10-15/h6-10,13,16-18,28H,11-12,14H2,1-5H3,(H,25,31)/t16-,17+,18+,24-/m1/s1. The molecular weight excluding hydrogens is 476 g/mol. The second kappa shape index (κ2) is 11.8. The minimum absolute atomic E-state index is 0.0404. The van der Waals surface area contributed by atoms with E-state index in [-0.39, 0.29) is 19.4 Å². The summed E-state index contributed by atoms with van der Waals surface area (Å²) in [7, 11) is 2.03. The highest BCUT2D eigenvalue weighted by Gasteiger charge is 2.63. The van der Waals surface area contributed by atoms with Gasteiger partial charge in [-0.15, -0.1) is 0 Å². The van der Waals surface area contributed by atoms with E-state index in [1.54, 1.807) is 51.1 Å². The maximum Gasteiger partial charge on any atom is 0.411 e. The summed E-state index contributed by atoms with van der Waals surface area (Å²) in [5, 5.41) is 13.6. The number of amides is 2. The maximum atomic E-state index is 13.1. The van der Waals surface area contributed by atoms with Crippen molar-refractivity contribution in [1.82, 2.24) is 10.2 Å². The molecule has 0 aromatic heterocycles. The maximum absolute atomic E-state index is 13.1. The van der Waals surface area contributed by atoms with E-state index in [9.17, 15) is 29.1 Å². The van der Waals surface area contributed by atoms with Crippen LogP contribution in [0.2, 0.25) is 0 Å². The van der Waals surface area contributed by atoms with Crippen molar-refractivity contribution in [2.75, 3.05) is 14.2 Å². The molecule has 1 aliphatic heterocycles. The number of alkyl carbamates (subject to hydrolysis) is 1. The number of ether oxygens (including phenoxy) is 4. The van der Waals surface area contributed by atoms with Crippen LogP contribution in [0.15, 0.2) is 30.3 Å². The van der Waals surface area contributed by atoms with Crippen molar-refractivity contribution in [3.05, 3.63) is 35.9 Å². The number of carbonyl (C=O) groups excluding carboxylic acids is 5. The Bertz CT molecular complexity index is 961. The number of aldehydes is 1. The van der Waals surface area contributed by atoms with E-state index in [2.05, 4.69) is 5.32 Å². The van der Waals surface area contributed by atoms with Gasteiger partial charge in [0.1, 0.15) is 24.6 Å². The molecule has 36 heavy (non-hydrogen) atoms. The first-order valence-corrected chi connectivity index (χ1v) is 11.2. The molecule has 0 bridgehead atoms. The molecule has 1 aromatic carbocycles. The number of rotatable bonds is 8. The van der Waals surface area contributed by atoms with Gasteiger partial charge >= 0.3 is 24.1 Å². The summed E-state index contributed by atoms with van der Waals surface area (Å²) in [5.74, 6) is -2.24. The second-order valence-electron chi connectivity index (χ2n) is 9.16. The normalized spacial score (nSPS) is 21.1. The van der Waals surface area contributed by atoms with Crippen molar-refractivity contribution in [2.24, 2.45) is 0 Å². The summed E-state index contributed by atoms with van der Waals surface area (Å²) in [6.45, 7) is 4.59. The zero-order chi connectivity index (χ0) is 27.1. The van der Waals surface area contributed by atoms with Crippen molar-refractivity contribution in [3.63, 3.8) is 0 Å². The Morgan fingerprint density at radius 3 is 2.33 bits per heavy atom. The van der Waals surface area contributed by atoms with Gasteiger partial charge < -0.3 is 34.2 Å². The fraction of sp³-hybridized carbons (Fsp3) is 0.542. The van der Waals surface area contributed by atoms with Gasteiger partial charge in [-0.1, -0.05) is 30.3 Å². The largest absolute Gasteiger partial charge is 0.467 e. The fourth-order valence-electron chi connectivity index (χ4n) is 4.00. The predicted octanol–water partition coefficient (Wildman–Crippen LogP) is 1.33. The quantitative estimate of drug-likeness (QED) is 0.298. The van der Waals surface area contributed by atoms with Gasteiger partial charge in [-0.3, -0.25) is 4.90 Å². The lowest BCUT2D eigenvalue weighted by molar-refractivity contribution is -0.167. The molecule has 2 amide bonds. The van der Waals surface area contributed by atoms with Gasteiger partial charge in [-0.05, 0) is 39.2 Å². The molecule has 12 nitrogen and oxygen atoms in total. The van der Waals surface area contributed by atoms with E-state index in [0.717, 1.165) is 19.1 Å². The van der Waals surface area contributed by atoms with Crippen molar-refractivity contribution < 1.29 is 48.0 Å². The van der Waals surface area contributed by atoms with Crippen LogP contribution >= 0.6 is 0 Å². The predicted molar refractivity (Wildman–Crippen MR) is 123 cm³/mol. The molecule has 0 saturated carbocycles. The first-order chi connectivity index (χ1) is 16.9. The molecule has 2 N–H and O–H groups in total. The first kappa shape index (κ1) is 28.6. The van der Waals surface area contributed by atoms with Crippen LogP contribution < -0.4 is 5.32 Å². The average Bonchev–Trinajstić information content (AvgIpc) is 3.25. The van der Waals surface area contributed by atoms with Crippen molar-refractivity contribution in [1.29, 1.82) is 0 Å². The zero-order valence-electron chi connectivity index (χ0n) is 20.9. The molecule has 4 atom stereocenters.